The van der Waals surface area contributed by atoms with E-state index in [0.29, 0.717) is 25.7 Å². The van der Waals surface area contributed by atoms with Gasteiger partial charge in [0.1, 0.15) is 0 Å². The van der Waals surface area contributed by atoms with Crippen LogP contribution < -0.4 is 5.73 Å². The van der Waals surface area contributed by atoms with Crippen molar-refractivity contribution in [3.63, 3.8) is 0 Å². The number of rotatable bonds is 11. The Hall–Kier alpha value is -0.740. The van der Waals surface area contributed by atoms with Gasteiger partial charge in [-0.15, -0.1) is 11.3 Å². The van der Waals surface area contributed by atoms with Crippen LogP contribution in [0.25, 0.3) is 0 Å². The first kappa shape index (κ1) is 24.5. The second-order valence-corrected chi connectivity index (χ2v) is 10.9. The summed E-state index contributed by atoms with van der Waals surface area (Å²) >= 11 is 4.08. The van der Waals surface area contributed by atoms with Crippen molar-refractivity contribution < 1.29 is 20.1 Å². The zero-order chi connectivity index (χ0) is 21.4. The summed E-state index contributed by atoms with van der Waals surface area (Å²) in [6.45, 7) is 2.10. The molecule has 29 heavy (non-hydrogen) atoms. The van der Waals surface area contributed by atoms with Crippen LogP contribution in [0.2, 0.25) is 0 Å². The van der Waals surface area contributed by atoms with Gasteiger partial charge in [0.05, 0.1) is 21.2 Å². The molecule has 162 valence electrons. The van der Waals surface area contributed by atoms with Gasteiger partial charge >= 0.3 is 0 Å². The number of aryl methyl sites for hydroxylation is 2. The van der Waals surface area contributed by atoms with Crippen LogP contribution in [0.5, 0.6) is 0 Å². The van der Waals surface area contributed by atoms with E-state index in [2.05, 4.69) is 35.6 Å². The van der Waals surface area contributed by atoms with Crippen LogP contribution in [0.3, 0.4) is 0 Å². The SMILES string of the molecule is Cc1cc(I)sc1CC[C@H](O)/C=C/[C@@H]1[C@@H](C/C=C/CCCC(N)=O)[C@@H](O)C[C@H]1O. The molecule has 1 saturated carbocycles. The lowest BCUT2D eigenvalue weighted by atomic mass is 9.89. The smallest absolute Gasteiger partial charge is 0.217 e. The lowest BCUT2D eigenvalue weighted by Crippen LogP contribution is -2.20. The Bertz CT molecular complexity index is 718. The fraction of sp³-hybridized carbons (Fsp3) is 0.591. The quantitative estimate of drug-likeness (QED) is 0.199. The first-order valence-corrected chi connectivity index (χ1v) is 12.1. The minimum Gasteiger partial charge on any atom is -0.393 e. The summed E-state index contributed by atoms with van der Waals surface area (Å²) in [6.07, 6.45) is 10.3. The van der Waals surface area contributed by atoms with Crippen molar-refractivity contribution in [2.75, 3.05) is 0 Å². The number of thiophene rings is 1. The minimum atomic E-state index is -0.595. The zero-order valence-corrected chi connectivity index (χ0v) is 19.8. The number of amides is 1. The Morgan fingerprint density at radius 2 is 2.14 bits per heavy atom. The molecule has 1 aliphatic carbocycles. The molecule has 2 rings (SSSR count). The van der Waals surface area contributed by atoms with Gasteiger partial charge in [-0.05, 0) is 79.2 Å². The Labute approximate surface area is 190 Å². The predicted octanol–water partition coefficient (Wildman–Crippen LogP) is 3.47. The van der Waals surface area contributed by atoms with Crippen molar-refractivity contribution in [3.05, 3.63) is 43.7 Å². The van der Waals surface area contributed by atoms with Gasteiger partial charge in [-0.3, -0.25) is 4.79 Å². The van der Waals surface area contributed by atoms with Crippen molar-refractivity contribution in [1.82, 2.24) is 0 Å². The average Bonchev–Trinajstić information content (AvgIpc) is 3.11. The van der Waals surface area contributed by atoms with Crippen LogP contribution in [0, 0.1) is 21.6 Å². The zero-order valence-electron chi connectivity index (χ0n) is 16.8. The van der Waals surface area contributed by atoms with E-state index in [1.165, 1.54) is 13.3 Å². The third-order valence-electron chi connectivity index (χ3n) is 5.50. The van der Waals surface area contributed by atoms with E-state index in [-0.39, 0.29) is 17.7 Å². The molecule has 0 radical (unpaired) electrons. The van der Waals surface area contributed by atoms with Crippen molar-refractivity contribution in [2.24, 2.45) is 17.6 Å². The van der Waals surface area contributed by atoms with Crippen molar-refractivity contribution >= 4 is 39.8 Å². The standard InChI is InChI=1S/C22H32INO4S/c1-14-12-21(23)29-20(14)11-9-15(25)8-10-17-16(18(26)13-19(17)27)6-4-2-3-5-7-22(24)28/h2,4,8,10,12,15-19,25-27H,3,5-7,9,11,13H2,1H3,(H2,24,28)/b4-2+,10-8+/t15-,16-,17-,18+,19-/m1/s1. The highest BCUT2D eigenvalue weighted by Crippen LogP contribution is 2.36. The third-order valence-corrected chi connectivity index (χ3v) is 7.56. The highest BCUT2D eigenvalue weighted by Gasteiger charge is 2.39. The molecule has 0 aliphatic heterocycles. The Kier molecular flexibility index (Phi) is 10.3. The molecule has 1 aliphatic rings. The predicted molar refractivity (Wildman–Crippen MR) is 126 cm³/mol. The van der Waals surface area contributed by atoms with E-state index in [0.717, 1.165) is 19.3 Å². The van der Waals surface area contributed by atoms with E-state index < -0.39 is 18.3 Å². The summed E-state index contributed by atoms with van der Waals surface area (Å²) in [5.74, 6) is -0.526. The number of aliphatic hydroxyl groups excluding tert-OH is 3. The van der Waals surface area contributed by atoms with Gasteiger partial charge in [0.15, 0.2) is 0 Å². The highest BCUT2D eigenvalue weighted by atomic mass is 127. The van der Waals surface area contributed by atoms with Gasteiger partial charge in [0, 0.05) is 23.6 Å². The summed E-state index contributed by atoms with van der Waals surface area (Å²) < 4.78 is 1.26. The van der Waals surface area contributed by atoms with Gasteiger partial charge in [-0.25, -0.2) is 0 Å². The molecule has 1 aromatic rings. The van der Waals surface area contributed by atoms with Gasteiger partial charge in [-0.2, -0.15) is 0 Å². The topological polar surface area (TPSA) is 104 Å². The molecule has 0 aromatic carbocycles. The van der Waals surface area contributed by atoms with Crippen LogP contribution in [0.4, 0.5) is 0 Å². The number of nitrogens with two attached hydrogens (primary N) is 1. The first-order valence-electron chi connectivity index (χ1n) is 10.2. The van der Waals surface area contributed by atoms with Gasteiger partial charge in [0.2, 0.25) is 5.91 Å². The molecule has 1 fully saturated rings. The van der Waals surface area contributed by atoms with E-state index >= 15 is 0 Å². The van der Waals surface area contributed by atoms with Crippen molar-refractivity contribution in [2.45, 2.75) is 70.2 Å². The normalized spacial score (nSPS) is 26.0. The number of unbranched alkanes of at least 4 members (excludes halogenated alkanes) is 1. The molecule has 5 atom stereocenters. The number of carbonyl (C=O) groups excluding carboxylic acids is 1. The number of primary amides is 1. The second kappa shape index (κ2) is 12.2. The maximum Gasteiger partial charge on any atom is 0.217 e. The maximum atomic E-state index is 10.7. The molecular weight excluding hydrogens is 501 g/mol. The van der Waals surface area contributed by atoms with Crippen molar-refractivity contribution in [3.8, 4) is 0 Å². The number of allylic oxidation sites excluding steroid dienone is 2. The molecule has 1 aromatic heterocycles. The molecule has 0 unspecified atom stereocenters. The van der Waals surface area contributed by atoms with Gasteiger partial charge in [-0.1, -0.05) is 24.3 Å². The maximum absolute atomic E-state index is 10.7. The van der Waals surface area contributed by atoms with Crippen LogP contribution >= 0.6 is 33.9 Å². The van der Waals surface area contributed by atoms with Crippen LogP contribution in [-0.2, 0) is 11.2 Å². The lowest BCUT2D eigenvalue weighted by Gasteiger charge is -2.19. The van der Waals surface area contributed by atoms with E-state index in [9.17, 15) is 20.1 Å². The number of aliphatic hydroxyl groups is 3. The molecule has 5 N–H and O–H groups in total. The monoisotopic (exact) mass is 533 g/mol. The van der Waals surface area contributed by atoms with E-state index in [4.69, 9.17) is 5.73 Å². The Morgan fingerprint density at radius 3 is 2.79 bits per heavy atom. The fourth-order valence-corrected chi connectivity index (χ4v) is 6.01. The molecule has 1 amide bonds. The van der Waals surface area contributed by atoms with Gasteiger partial charge in [0.25, 0.3) is 0 Å². The Balaban J connectivity index is 1.84. The average molecular weight is 533 g/mol. The molecule has 0 spiro atoms. The summed E-state index contributed by atoms with van der Waals surface area (Å²) in [5, 5.41) is 31.0. The first-order chi connectivity index (χ1) is 13.8. The second-order valence-electron chi connectivity index (χ2n) is 7.82. The summed E-state index contributed by atoms with van der Waals surface area (Å²) in [7, 11) is 0. The minimum absolute atomic E-state index is 0.0676. The summed E-state index contributed by atoms with van der Waals surface area (Å²) in [5.41, 5.74) is 6.40. The number of hydrogen-bond donors (Lipinski definition) is 4. The fourth-order valence-electron chi connectivity index (χ4n) is 3.83. The lowest BCUT2D eigenvalue weighted by molar-refractivity contribution is -0.118. The Morgan fingerprint density at radius 1 is 1.38 bits per heavy atom. The molecule has 7 heteroatoms. The number of halogens is 1. The van der Waals surface area contributed by atoms with Crippen LogP contribution in [0.15, 0.2) is 30.4 Å². The van der Waals surface area contributed by atoms with E-state index in [1.54, 1.807) is 17.4 Å². The highest BCUT2D eigenvalue weighted by molar-refractivity contribution is 14.1. The van der Waals surface area contributed by atoms with E-state index in [1.807, 2.05) is 18.2 Å². The van der Waals surface area contributed by atoms with Crippen molar-refractivity contribution in [1.29, 1.82) is 0 Å². The van der Waals surface area contributed by atoms with Gasteiger partial charge < -0.3 is 21.1 Å². The third kappa shape index (κ3) is 8.13. The molecule has 0 saturated heterocycles. The number of carbonyl (C=O) groups is 1. The molecular formula is C22H32INO4S. The van der Waals surface area contributed by atoms with Crippen LogP contribution in [0.1, 0.15) is 49.0 Å². The number of hydrogen-bond acceptors (Lipinski definition) is 5. The largest absolute Gasteiger partial charge is 0.393 e. The molecule has 0 bridgehead atoms. The summed E-state index contributed by atoms with van der Waals surface area (Å²) in [6, 6.07) is 2.16. The molecule has 5 nitrogen and oxygen atoms in total. The molecule has 1 heterocycles. The van der Waals surface area contributed by atoms with Crippen LogP contribution in [-0.4, -0.2) is 39.5 Å². The summed E-state index contributed by atoms with van der Waals surface area (Å²) in [4.78, 5) is 12.0.